The summed E-state index contributed by atoms with van der Waals surface area (Å²) in [5.74, 6) is 0.828. The molecule has 128 valence electrons. The molecule has 2 heterocycles. The Labute approximate surface area is 171 Å². The van der Waals surface area contributed by atoms with E-state index in [9.17, 15) is 0 Å². The highest BCUT2D eigenvalue weighted by Crippen LogP contribution is 2.21. The Morgan fingerprint density at radius 3 is 2.79 bits per heavy atom. The van der Waals surface area contributed by atoms with Crippen molar-refractivity contribution >= 4 is 68.1 Å². The molecule has 0 amide bonds. The number of H-pyrrole nitrogens is 1. The minimum atomic E-state index is 0. The number of fused-ring (bicyclic) bond motifs is 1. The van der Waals surface area contributed by atoms with Gasteiger partial charge in [-0.1, -0.05) is 18.2 Å². The Bertz CT molecular complexity index is 812. The molecule has 3 rings (SSSR count). The van der Waals surface area contributed by atoms with Crippen molar-refractivity contribution < 1.29 is 0 Å². The van der Waals surface area contributed by atoms with E-state index in [1.807, 2.05) is 0 Å². The maximum Gasteiger partial charge on any atom is 0.191 e. The highest BCUT2D eigenvalue weighted by atomic mass is 127. The van der Waals surface area contributed by atoms with Gasteiger partial charge in [0.1, 0.15) is 0 Å². The van der Waals surface area contributed by atoms with Gasteiger partial charge >= 0.3 is 0 Å². The van der Waals surface area contributed by atoms with Gasteiger partial charge in [-0.3, -0.25) is 4.99 Å². The van der Waals surface area contributed by atoms with Crippen molar-refractivity contribution in [3.05, 3.63) is 56.8 Å². The summed E-state index contributed by atoms with van der Waals surface area (Å²) < 4.78 is 1.15. The Morgan fingerprint density at radius 1 is 1.21 bits per heavy atom. The molecule has 0 unspecified atom stereocenters. The first-order valence-electron chi connectivity index (χ1n) is 7.50. The molecular formula is C17H20BrIN4S. The minimum absolute atomic E-state index is 0. The number of para-hydroxylation sites is 1. The number of nitrogens with zero attached hydrogens (tertiary/aromatic N) is 1. The zero-order valence-corrected chi connectivity index (χ0v) is 18.0. The number of halogens is 2. The van der Waals surface area contributed by atoms with E-state index in [1.54, 1.807) is 18.4 Å². The van der Waals surface area contributed by atoms with Gasteiger partial charge < -0.3 is 15.6 Å². The fraction of sp³-hybridized carbons (Fsp3) is 0.235. The largest absolute Gasteiger partial charge is 0.361 e. The second kappa shape index (κ2) is 9.43. The van der Waals surface area contributed by atoms with E-state index in [0.29, 0.717) is 0 Å². The van der Waals surface area contributed by atoms with E-state index in [0.717, 1.165) is 29.3 Å². The maximum absolute atomic E-state index is 4.27. The Morgan fingerprint density at radius 2 is 2.04 bits per heavy atom. The highest BCUT2D eigenvalue weighted by Gasteiger charge is 2.04. The van der Waals surface area contributed by atoms with Crippen LogP contribution in [-0.2, 0) is 13.0 Å². The molecular weight excluding hydrogens is 499 g/mol. The van der Waals surface area contributed by atoms with Crippen molar-refractivity contribution in [1.29, 1.82) is 0 Å². The van der Waals surface area contributed by atoms with Gasteiger partial charge in [-0.2, -0.15) is 0 Å². The monoisotopic (exact) mass is 518 g/mol. The van der Waals surface area contributed by atoms with Crippen LogP contribution in [0.4, 0.5) is 0 Å². The summed E-state index contributed by atoms with van der Waals surface area (Å²) in [6.45, 7) is 1.62. The van der Waals surface area contributed by atoms with Crippen LogP contribution in [0.1, 0.15) is 10.4 Å². The molecule has 0 aliphatic heterocycles. The number of benzene rings is 1. The molecule has 0 atom stereocenters. The van der Waals surface area contributed by atoms with Crippen molar-refractivity contribution in [2.45, 2.75) is 13.0 Å². The number of guanidine groups is 1. The first kappa shape index (κ1) is 19.3. The van der Waals surface area contributed by atoms with Gasteiger partial charge in [-0.25, -0.2) is 0 Å². The van der Waals surface area contributed by atoms with E-state index < -0.39 is 0 Å². The van der Waals surface area contributed by atoms with Gasteiger partial charge in [-0.15, -0.1) is 35.3 Å². The summed E-state index contributed by atoms with van der Waals surface area (Å²) in [5, 5.41) is 8.00. The van der Waals surface area contributed by atoms with E-state index in [-0.39, 0.29) is 24.0 Å². The predicted molar refractivity (Wildman–Crippen MR) is 118 cm³/mol. The van der Waals surface area contributed by atoms with Gasteiger partial charge in [0.05, 0.1) is 10.3 Å². The van der Waals surface area contributed by atoms with Crippen LogP contribution in [0.2, 0.25) is 0 Å². The molecule has 0 aliphatic rings. The first-order valence-corrected chi connectivity index (χ1v) is 9.11. The summed E-state index contributed by atoms with van der Waals surface area (Å²) in [7, 11) is 1.80. The fourth-order valence-corrected chi connectivity index (χ4v) is 3.92. The first-order chi connectivity index (χ1) is 11.3. The summed E-state index contributed by atoms with van der Waals surface area (Å²) in [6, 6.07) is 12.6. The molecule has 0 fully saturated rings. The number of aromatic nitrogens is 1. The molecule has 0 radical (unpaired) electrons. The molecule has 0 bridgehead atoms. The van der Waals surface area contributed by atoms with Gasteiger partial charge in [0, 0.05) is 35.6 Å². The van der Waals surface area contributed by atoms with Gasteiger partial charge in [-0.05, 0) is 46.1 Å². The molecule has 1 aromatic carbocycles. The Hall–Kier alpha value is -1.06. The minimum Gasteiger partial charge on any atom is -0.361 e. The summed E-state index contributed by atoms with van der Waals surface area (Å²) in [5.41, 5.74) is 2.51. The van der Waals surface area contributed by atoms with E-state index >= 15 is 0 Å². The third kappa shape index (κ3) is 4.97. The molecule has 0 spiro atoms. The molecule has 3 N–H and O–H groups in total. The van der Waals surface area contributed by atoms with Crippen molar-refractivity contribution in [3.8, 4) is 0 Å². The fourth-order valence-electron chi connectivity index (χ4n) is 2.49. The third-order valence-corrected chi connectivity index (χ3v) is 5.27. The topological polar surface area (TPSA) is 52.2 Å². The van der Waals surface area contributed by atoms with Crippen molar-refractivity contribution in [1.82, 2.24) is 15.6 Å². The zero-order chi connectivity index (χ0) is 16.1. The Kier molecular flexibility index (Phi) is 7.57. The third-order valence-electron chi connectivity index (χ3n) is 3.64. The number of thiophene rings is 1. The SMILES string of the molecule is CN=C(NCCc1c[nH]c2ccccc12)NCc1ccc(Br)s1.I. The Balaban J connectivity index is 0.00000208. The average Bonchev–Trinajstić information content (AvgIpc) is 3.17. The van der Waals surface area contributed by atoms with Crippen LogP contribution in [0.25, 0.3) is 10.9 Å². The molecule has 3 aromatic rings. The number of hydrogen-bond donors (Lipinski definition) is 3. The second-order valence-corrected chi connectivity index (χ2v) is 7.72. The number of rotatable bonds is 5. The number of nitrogens with one attached hydrogen (secondary N) is 3. The summed E-state index contributed by atoms with van der Waals surface area (Å²) in [4.78, 5) is 8.86. The van der Waals surface area contributed by atoms with Gasteiger partial charge in [0.2, 0.25) is 0 Å². The van der Waals surface area contributed by atoms with Crippen molar-refractivity contribution in [2.24, 2.45) is 4.99 Å². The lowest BCUT2D eigenvalue weighted by Gasteiger charge is -2.10. The van der Waals surface area contributed by atoms with E-state index in [1.165, 1.54) is 21.3 Å². The number of hydrogen-bond acceptors (Lipinski definition) is 2. The van der Waals surface area contributed by atoms with Crippen LogP contribution in [0, 0.1) is 0 Å². The lowest BCUT2D eigenvalue weighted by atomic mass is 10.1. The molecule has 2 aromatic heterocycles. The van der Waals surface area contributed by atoms with Crippen LogP contribution in [0.3, 0.4) is 0 Å². The molecule has 0 saturated heterocycles. The normalized spacial score (nSPS) is 11.3. The average molecular weight is 519 g/mol. The lowest BCUT2D eigenvalue weighted by Crippen LogP contribution is -2.37. The summed E-state index contributed by atoms with van der Waals surface area (Å²) in [6.07, 6.45) is 3.04. The number of aromatic amines is 1. The van der Waals surface area contributed by atoms with Crippen LogP contribution in [0.15, 0.2) is 51.4 Å². The highest BCUT2D eigenvalue weighted by molar-refractivity contribution is 14.0. The smallest absolute Gasteiger partial charge is 0.191 e. The number of aliphatic imine (C=N–C) groups is 1. The molecule has 0 aliphatic carbocycles. The quantitative estimate of drug-likeness (QED) is 0.264. The predicted octanol–water partition coefficient (Wildman–Crippen LogP) is 4.52. The van der Waals surface area contributed by atoms with Gasteiger partial charge in [0.25, 0.3) is 0 Å². The lowest BCUT2D eigenvalue weighted by molar-refractivity contribution is 0.801. The zero-order valence-electron chi connectivity index (χ0n) is 13.3. The maximum atomic E-state index is 4.27. The molecule has 7 heteroatoms. The van der Waals surface area contributed by atoms with E-state index in [4.69, 9.17) is 0 Å². The van der Waals surface area contributed by atoms with Crippen LogP contribution in [-0.4, -0.2) is 24.5 Å². The van der Waals surface area contributed by atoms with Crippen molar-refractivity contribution in [2.75, 3.05) is 13.6 Å². The van der Waals surface area contributed by atoms with Crippen molar-refractivity contribution in [3.63, 3.8) is 0 Å². The summed E-state index contributed by atoms with van der Waals surface area (Å²) >= 11 is 5.21. The standard InChI is InChI=1S/C17H19BrN4S.HI/c1-19-17(22-11-13-6-7-16(18)23-13)20-9-8-12-10-21-15-5-3-2-4-14(12)15;/h2-7,10,21H,8-9,11H2,1H3,(H2,19,20,22);1H. The van der Waals surface area contributed by atoms with E-state index in [2.05, 4.69) is 79.1 Å². The molecule has 24 heavy (non-hydrogen) atoms. The van der Waals surface area contributed by atoms with Crippen LogP contribution < -0.4 is 10.6 Å². The molecule has 0 saturated carbocycles. The second-order valence-electron chi connectivity index (χ2n) is 5.17. The van der Waals surface area contributed by atoms with Gasteiger partial charge in [0.15, 0.2) is 5.96 Å². The molecule has 4 nitrogen and oxygen atoms in total. The van der Waals surface area contributed by atoms with Crippen LogP contribution in [0.5, 0.6) is 0 Å². The van der Waals surface area contributed by atoms with Crippen LogP contribution >= 0.6 is 51.2 Å².